The molecule has 0 aromatic carbocycles. The first-order valence-electron chi connectivity index (χ1n) is 7.65. The topological polar surface area (TPSA) is 15.3 Å². The van der Waals surface area contributed by atoms with Crippen LogP contribution in [-0.4, -0.2) is 37.6 Å². The fourth-order valence-electron chi connectivity index (χ4n) is 2.76. The van der Waals surface area contributed by atoms with Gasteiger partial charge in [-0.25, -0.2) is 0 Å². The number of hydrogen-bond donors (Lipinski definition) is 1. The molecule has 2 heteroatoms. The molecule has 0 saturated carbocycles. The van der Waals surface area contributed by atoms with Crippen molar-refractivity contribution in [2.24, 2.45) is 11.8 Å². The van der Waals surface area contributed by atoms with Crippen LogP contribution < -0.4 is 5.32 Å². The van der Waals surface area contributed by atoms with Gasteiger partial charge in [-0.1, -0.05) is 27.2 Å². The minimum Gasteiger partial charge on any atom is -0.315 e. The van der Waals surface area contributed by atoms with E-state index in [9.17, 15) is 0 Å². The number of hydrogen-bond acceptors (Lipinski definition) is 2. The maximum absolute atomic E-state index is 3.57. The van der Waals surface area contributed by atoms with E-state index in [-0.39, 0.29) is 0 Å². The zero-order valence-electron chi connectivity index (χ0n) is 12.2. The molecule has 1 aliphatic rings. The van der Waals surface area contributed by atoms with Crippen LogP contribution in [0.1, 0.15) is 52.9 Å². The molecule has 1 heterocycles. The highest BCUT2D eigenvalue weighted by Gasteiger charge is 2.20. The predicted molar refractivity (Wildman–Crippen MR) is 76.4 cm³/mol. The first-order valence-corrected chi connectivity index (χ1v) is 7.65. The second kappa shape index (κ2) is 8.93. The molecule has 0 bridgehead atoms. The van der Waals surface area contributed by atoms with E-state index in [0.717, 1.165) is 11.8 Å². The average Bonchev–Trinajstić information content (AvgIpc) is 2.71. The Kier molecular flexibility index (Phi) is 7.87. The summed E-state index contributed by atoms with van der Waals surface area (Å²) >= 11 is 0. The predicted octanol–water partition coefficient (Wildman–Crippen LogP) is 3.13. The Morgan fingerprint density at radius 3 is 2.82 bits per heavy atom. The Balaban J connectivity index is 1.90. The molecule has 2 nitrogen and oxygen atoms in total. The third-order valence-corrected chi connectivity index (χ3v) is 3.81. The van der Waals surface area contributed by atoms with Crippen molar-refractivity contribution in [2.45, 2.75) is 52.9 Å². The maximum Gasteiger partial charge on any atom is 0.0107 e. The average molecular weight is 240 g/mol. The van der Waals surface area contributed by atoms with Crippen molar-refractivity contribution < 1.29 is 0 Å². The molecule has 0 amide bonds. The van der Waals surface area contributed by atoms with E-state index in [1.54, 1.807) is 0 Å². The summed E-state index contributed by atoms with van der Waals surface area (Å²) in [5.74, 6) is 1.84. The fraction of sp³-hybridized carbons (Fsp3) is 1.00. The van der Waals surface area contributed by atoms with Gasteiger partial charge in [-0.05, 0) is 50.6 Å². The summed E-state index contributed by atoms with van der Waals surface area (Å²) in [6.45, 7) is 13.2. The molecule has 1 atom stereocenters. The lowest BCUT2D eigenvalue weighted by Crippen LogP contribution is -2.31. The van der Waals surface area contributed by atoms with Gasteiger partial charge < -0.3 is 10.2 Å². The van der Waals surface area contributed by atoms with Gasteiger partial charge in [-0.3, -0.25) is 0 Å². The van der Waals surface area contributed by atoms with E-state index < -0.39 is 0 Å². The van der Waals surface area contributed by atoms with Gasteiger partial charge in [0.2, 0.25) is 0 Å². The highest BCUT2D eigenvalue weighted by atomic mass is 15.2. The minimum atomic E-state index is 0.852. The lowest BCUT2D eigenvalue weighted by atomic mass is 10.0. The van der Waals surface area contributed by atoms with Gasteiger partial charge in [0.15, 0.2) is 0 Å². The van der Waals surface area contributed by atoms with Crippen LogP contribution in [0.15, 0.2) is 0 Å². The third kappa shape index (κ3) is 7.05. The molecule has 0 aromatic rings. The van der Waals surface area contributed by atoms with Crippen molar-refractivity contribution >= 4 is 0 Å². The summed E-state index contributed by atoms with van der Waals surface area (Å²) in [7, 11) is 0. The molecule has 1 saturated heterocycles. The smallest absolute Gasteiger partial charge is 0.0107 e. The van der Waals surface area contributed by atoms with Gasteiger partial charge in [0.1, 0.15) is 0 Å². The monoisotopic (exact) mass is 240 g/mol. The molecule has 1 fully saturated rings. The van der Waals surface area contributed by atoms with Crippen LogP contribution in [0.4, 0.5) is 0 Å². The van der Waals surface area contributed by atoms with Crippen LogP contribution in [0.3, 0.4) is 0 Å². The molecule has 17 heavy (non-hydrogen) atoms. The highest BCUT2D eigenvalue weighted by Crippen LogP contribution is 2.19. The molecule has 1 N–H and O–H groups in total. The van der Waals surface area contributed by atoms with Crippen LogP contribution in [0.5, 0.6) is 0 Å². The third-order valence-electron chi connectivity index (χ3n) is 3.81. The van der Waals surface area contributed by atoms with Gasteiger partial charge in [0.05, 0.1) is 0 Å². The lowest BCUT2D eigenvalue weighted by Gasteiger charge is -2.16. The fourth-order valence-corrected chi connectivity index (χ4v) is 2.76. The first-order chi connectivity index (χ1) is 8.22. The molecule has 0 spiro atoms. The Morgan fingerprint density at radius 2 is 2.12 bits per heavy atom. The summed E-state index contributed by atoms with van der Waals surface area (Å²) in [6.07, 6.45) is 6.90. The summed E-state index contributed by atoms with van der Waals surface area (Å²) in [5.41, 5.74) is 0. The second-order valence-electron chi connectivity index (χ2n) is 6.03. The number of nitrogens with one attached hydrogen (secondary N) is 1. The SMILES string of the molecule is CCCC1CCN(CCNCCCC(C)C)C1. The number of rotatable bonds is 9. The molecule has 0 radical (unpaired) electrons. The van der Waals surface area contributed by atoms with Gasteiger partial charge in [-0.2, -0.15) is 0 Å². The van der Waals surface area contributed by atoms with Crippen molar-refractivity contribution in [2.75, 3.05) is 32.7 Å². The van der Waals surface area contributed by atoms with E-state index in [1.807, 2.05) is 0 Å². The molecular weight excluding hydrogens is 208 g/mol. The largest absolute Gasteiger partial charge is 0.315 e. The summed E-state index contributed by atoms with van der Waals surface area (Å²) in [5, 5.41) is 3.57. The van der Waals surface area contributed by atoms with Crippen LogP contribution >= 0.6 is 0 Å². The van der Waals surface area contributed by atoms with Crippen LogP contribution in [0, 0.1) is 11.8 Å². The Bertz CT molecular complexity index is 180. The van der Waals surface area contributed by atoms with Crippen LogP contribution in [0.2, 0.25) is 0 Å². The highest BCUT2D eigenvalue weighted by molar-refractivity contribution is 4.75. The first kappa shape index (κ1) is 15.0. The van der Waals surface area contributed by atoms with Crippen LogP contribution in [-0.2, 0) is 0 Å². The Morgan fingerprint density at radius 1 is 1.29 bits per heavy atom. The Hall–Kier alpha value is -0.0800. The zero-order chi connectivity index (χ0) is 12.5. The minimum absolute atomic E-state index is 0.852. The lowest BCUT2D eigenvalue weighted by molar-refractivity contribution is 0.317. The van der Waals surface area contributed by atoms with Gasteiger partial charge in [0, 0.05) is 19.6 Å². The molecule has 1 rings (SSSR count). The number of likely N-dealkylation sites (tertiary alicyclic amines) is 1. The van der Waals surface area contributed by atoms with Crippen molar-refractivity contribution in [3.8, 4) is 0 Å². The zero-order valence-corrected chi connectivity index (χ0v) is 12.2. The summed E-state index contributed by atoms with van der Waals surface area (Å²) in [4.78, 5) is 2.63. The van der Waals surface area contributed by atoms with Gasteiger partial charge in [0.25, 0.3) is 0 Å². The molecule has 0 aromatic heterocycles. The van der Waals surface area contributed by atoms with E-state index in [0.29, 0.717) is 0 Å². The molecule has 102 valence electrons. The standard InChI is InChI=1S/C15H32N2/c1-4-6-15-8-11-17(13-15)12-10-16-9-5-7-14(2)3/h14-16H,4-13H2,1-3H3. The van der Waals surface area contributed by atoms with E-state index in [1.165, 1.54) is 64.8 Å². The number of nitrogens with zero attached hydrogens (tertiary/aromatic N) is 1. The summed E-state index contributed by atoms with van der Waals surface area (Å²) in [6, 6.07) is 0. The van der Waals surface area contributed by atoms with Crippen LogP contribution in [0.25, 0.3) is 0 Å². The maximum atomic E-state index is 3.57. The van der Waals surface area contributed by atoms with Crippen molar-refractivity contribution in [1.82, 2.24) is 10.2 Å². The van der Waals surface area contributed by atoms with Gasteiger partial charge in [-0.15, -0.1) is 0 Å². The second-order valence-corrected chi connectivity index (χ2v) is 6.03. The van der Waals surface area contributed by atoms with Crippen molar-refractivity contribution in [3.63, 3.8) is 0 Å². The van der Waals surface area contributed by atoms with E-state index in [4.69, 9.17) is 0 Å². The Labute approximate surface area is 108 Å². The normalized spacial score (nSPS) is 21.5. The van der Waals surface area contributed by atoms with Crippen molar-refractivity contribution in [3.05, 3.63) is 0 Å². The molecule has 1 unspecified atom stereocenters. The van der Waals surface area contributed by atoms with Crippen molar-refractivity contribution in [1.29, 1.82) is 0 Å². The molecule has 1 aliphatic heterocycles. The van der Waals surface area contributed by atoms with E-state index >= 15 is 0 Å². The van der Waals surface area contributed by atoms with Gasteiger partial charge >= 0.3 is 0 Å². The van der Waals surface area contributed by atoms with E-state index in [2.05, 4.69) is 31.0 Å². The quantitative estimate of drug-likeness (QED) is 0.623. The molecule has 0 aliphatic carbocycles. The summed E-state index contributed by atoms with van der Waals surface area (Å²) < 4.78 is 0. The molecular formula is C15H32N2.